The molecule has 0 fully saturated rings. The lowest BCUT2D eigenvalue weighted by atomic mass is 9.98. The number of fused-ring (bicyclic) bond motifs is 1. The van der Waals surface area contributed by atoms with Crippen LogP contribution < -0.4 is 10.6 Å². The van der Waals surface area contributed by atoms with E-state index in [9.17, 15) is 13.2 Å². The fourth-order valence-electron chi connectivity index (χ4n) is 4.33. The fraction of sp³-hybridized carbons (Fsp3) is 0.207. The second kappa shape index (κ2) is 12.3. The van der Waals surface area contributed by atoms with Crippen LogP contribution >= 0.6 is 23.2 Å². The Hall–Kier alpha value is -3.50. The summed E-state index contributed by atoms with van der Waals surface area (Å²) in [6.45, 7) is 4.34. The van der Waals surface area contributed by atoms with Gasteiger partial charge in [-0.1, -0.05) is 53.5 Å². The van der Waals surface area contributed by atoms with Crippen molar-refractivity contribution in [2.24, 2.45) is 0 Å². The van der Waals surface area contributed by atoms with Crippen LogP contribution in [0.15, 0.2) is 60.8 Å². The molecule has 0 radical (unpaired) electrons. The van der Waals surface area contributed by atoms with E-state index >= 15 is 0 Å². The molecule has 0 aliphatic heterocycles. The number of halogens is 2. The van der Waals surface area contributed by atoms with Gasteiger partial charge in [-0.05, 0) is 60.4 Å². The topological polar surface area (TPSA) is 132 Å². The zero-order valence-corrected chi connectivity index (χ0v) is 24.6. The largest absolute Gasteiger partial charge is 0.351 e. The Kier molecular flexibility index (Phi) is 9.10. The molecule has 0 saturated heterocycles. The molecule has 1 amide bonds. The lowest BCUT2D eigenvalue weighted by Crippen LogP contribution is -2.79. The van der Waals surface area contributed by atoms with Crippen LogP contribution in [0.25, 0.3) is 16.6 Å². The highest BCUT2D eigenvalue weighted by Gasteiger charge is 2.22. The number of hydrogen-bond acceptors (Lipinski definition) is 5. The number of quaternary nitrogens is 1. The number of aromatic amines is 1. The Bertz CT molecular complexity index is 1650. The van der Waals surface area contributed by atoms with Gasteiger partial charge in [0.05, 0.1) is 38.1 Å². The van der Waals surface area contributed by atoms with E-state index in [-0.39, 0.29) is 33.9 Å². The van der Waals surface area contributed by atoms with E-state index < -0.39 is 15.7 Å². The van der Waals surface area contributed by atoms with Gasteiger partial charge in [-0.2, -0.15) is 0 Å². The van der Waals surface area contributed by atoms with Gasteiger partial charge >= 0.3 is 0 Å². The second-order valence-electron chi connectivity index (χ2n) is 9.66. The Balaban J connectivity index is 1.59. The van der Waals surface area contributed by atoms with Gasteiger partial charge in [0.2, 0.25) is 0 Å². The maximum Gasteiger partial charge on any atom is 0.254 e. The predicted molar refractivity (Wildman–Crippen MR) is 161 cm³/mol. The zero-order chi connectivity index (χ0) is 29.0. The Morgan fingerprint density at radius 3 is 2.38 bits per heavy atom. The number of aryl methyl sites for hydroxylation is 2. The highest BCUT2D eigenvalue weighted by molar-refractivity contribution is 7.90. The highest BCUT2D eigenvalue weighted by Crippen LogP contribution is 2.30. The molecular formula is C29H30Cl2N5O3S+. The molecule has 4 rings (SSSR count). The van der Waals surface area contributed by atoms with Crippen LogP contribution in [0.1, 0.15) is 44.4 Å². The fourth-order valence-corrected chi connectivity index (χ4v) is 5.43. The summed E-state index contributed by atoms with van der Waals surface area (Å²) in [6.07, 6.45) is 3.71. The molecular weight excluding hydrogens is 569 g/mol. The van der Waals surface area contributed by atoms with E-state index in [0.717, 1.165) is 46.0 Å². The average Bonchev–Trinajstić information content (AvgIpc) is 3.28. The molecule has 0 spiro atoms. The van der Waals surface area contributed by atoms with Crippen molar-refractivity contribution in [2.75, 3.05) is 18.7 Å². The number of imidazole rings is 1. The SMILES string of the molecule is Cc1cc2nc(C(CNC(=O)c3c(Cl)cc(/C(C=N)=C/[NH2+]CS(C)(=O)=O)cc3Cl)c3ccccc3)[nH]c2cc1C. The second-order valence-corrected chi connectivity index (χ2v) is 12.7. The van der Waals surface area contributed by atoms with Gasteiger partial charge in [0.1, 0.15) is 12.0 Å². The summed E-state index contributed by atoms with van der Waals surface area (Å²) in [6, 6.07) is 17.0. The minimum Gasteiger partial charge on any atom is -0.351 e. The predicted octanol–water partition coefficient (Wildman–Crippen LogP) is 4.60. The number of H-pyrrole nitrogens is 1. The van der Waals surface area contributed by atoms with Crippen LogP contribution in [0.5, 0.6) is 0 Å². The molecule has 3 aromatic carbocycles. The summed E-state index contributed by atoms with van der Waals surface area (Å²) in [7, 11) is -3.20. The highest BCUT2D eigenvalue weighted by atomic mass is 35.5. The first kappa shape index (κ1) is 29.5. The smallest absolute Gasteiger partial charge is 0.254 e. The van der Waals surface area contributed by atoms with Crippen LogP contribution in [-0.2, 0) is 9.84 Å². The number of nitrogens with one attached hydrogen (secondary N) is 3. The van der Waals surface area contributed by atoms with E-state index in [4.69, 9.17) is 33.6 Å². The van der Waals surface area contributed by atoms with Crippen molar-refractivity contribution in [3.05, 3.63) is 104 Å². The molecule has 0 saturated carbocycles. The van der Waals surface area contributed by atoms with Crippen molar-refractivity contribution in [2.45, 2.75) is 19.8 Å². The minimum atomic E-state index is -3.20. The first-order chi connectivity index (χ1) is 19.0. The van der Waals surface area contributed by atoms with Gasteiger partial charge in [-0.25, -0.2) is 13.4 Å². The van der Waals surface area contributed by atoms with Crippen molar-refractivity contribution in [1.29, 1.82) is 5.41 Å². The summed E-state index contributed by atoms with van der Waals surface area (Å²) in [4.78, 5) is 21.6. The van der Waals surface area contributed by atoms with Gasteiger partial charge < -0.3 is 21.0 Å². The van der Waals surface area contributed by atoms with E-state index in [1.165, 1.54) is 23.6 Å². The molecule has 1 atom stereocenters. The number of hydrogen-bond donors (Lipinski definition) is 4. The summed E-state index contributed by atoms with van der Waals surface area (Å²) >= 11 is 13.0. The number of rotatable bonds is 10. The third-order valence-electron chi connectivity index (χ3n) is 6.57. The van der Waals surface area contributed by atoms with Crippen molar-refractivity contribution >= 4 is 61.8 Å². The summed E-state index contributed by atoms with van der Waals surface area (Å²) in [5.74, 6) is -0.147. The maximum atomic E-state index is 13.3. The number of sulfone groups is 1. The number of carbonyl (C=O) groups is 1. The molecule has 208 valence electrons. The van der Waals surface area contributed by atoms with E-state index in [1.54, 1.807) is 0 Å². The van der Waals surface area contributed by atoms with Crippen molar-refractivity contribution in [3.8, 4) is 0 Å². The van der Waals surface area contributed by atoms with E-state index in [2.05, 4.69) is 23.3 Å². The number of benzene rings is 3. The average molecular weight is 600 g/mol. The standard InChI is InChI=1S/C29H29Cl2N5O3S/c1-17-9-25-26(10-18(17)2)36-28(35-25)22(19-7-5-4-6-8-19)15-34-29(37)27-23(30)11-20(12-24(27)31)21(13-32)14-33-16-40(3,38)39/h4-14,22,32-33H,15-16H2,1-3H3,(H,34,37)(H,35,36)/p+1/b21-14+,32-13?. The first-order valence-corrected chi connectivity index (χ1v) is 15.3. The van der Waals surface area contributed by atoms with Crippen LogP contribution in [-0.4, -0.2) is 49.2 Å². The number of carbonyl (C=O) groups excluding carboxylic acids is 1. The maximum absolute atomic E-state index is 13.3. The van der Waals surface area contributed by atoms with Gasteiger partial charge in [0.15, 0.2) is 15.7 Å². The van der Waals surface area contributed by atoms with Crippen LogP contribution in [0.4, 0.5) is 0 Å². The third kappa shape index (κ3) is 6.98. The molecule has 1 aromatic heterocycles. The lowest BCUT2D eigenvalue weighted by molar-refractivity contribution is -0.567. The molecule has 0 aliphatic rings. The van der Waals surface area contributed by atoms with Crippen molar-refractivity contribution in [1.82, 2.24) is 15.3 Å². The van der Waals surface area contributed by atoms with Crippen LogP contribution in [0.3, 0.4) is 0 Å². The van der Waals surface area contributed by atoms with E-state index in [0.29, 0.717) is 11.1 Å². The number of nitrogens with zero attached hydrogens (tertiary/aromatic N) is 1. The number of amides is 1. The minimum absolute atomic E-state index is 0.110. The van der Waals surface area contributed by atoms with Crippen molar-refractivity contribution < 1.29 is 18.5 Å². The zero-order valence-electron chi connectivity index (χ0n) is 22.3. The number of allylic oxidation sites excluding steroid dienone is 1. The monoisotopic (exact) mass is 598 g/mol. The van der Waals surface area contributed by atoms with Crippen LogP contribution in [0, 0.1) is 19.3 Å². The summed E-state index contributed by atoms with van der Waals surface area (Å²) in [5.41, 5.74) is 6.08. The molecule has 8 nitrogen and oxygen atoms in total. The van der Waals surface area contributed by atoms with Gasteiger partial charge in [0, 0.05) is 19.0 Å². The lowest BCUT2D eigenvalue weighted by Gasteiger charge is -2.17. The van der Waals surface area contributed by atoms with Gasteiger partial charge in [-0.3, -0.25) is 4.79 Å². The number of aromatic nitrogens is 2. The Morgan fingerprint density at radius 1 is 1.10 bits per heavy atom. The molecule has 5 N–H and O–H groups in total. The summed E-state index contributed by atoms with van der Waals surface area (Å²) < 4.78 is 22.8. The van der Waals surface area contributed by atoms with E-state index in [1.807, 2.05) is 43.3 Å². The Morgan fingerprint density at radius 2 is 1.75 bits per heavy atom. The Labute approximate surface area is 243 Å². The summed E-state index contributed by atoms with van der Waals surface area (Å²) in [5, 5.41) is 12.3. The molecule has 0 bridgehead atoms. The molecule has 0 aliphatic carbocycles. The molecule has 1 unspecified atom stereocenters. The van der Waals surface area contributed by atoms with Crippen molar-refractivity contribution in [3.63, 3.8) is 0 Å². The normalized spacial score (nSPS) is 12.9. The van der Waals surface area contributed by atoms with Crippen LogP contribution in [0.2, 0.25) is 10.0 Å². The first-order valence-electron chi connectivity index (χ1n) is 12.5. The molecule has 1 heterocycles. The number of nitrogens with two attached hydrogens (primary N) is 1. The van der Waals surface area contributed by atoms with Gasteiger partial charge in [-0.15, -0.1) is 0 Å². The van der Waals surface area contributed by atoms with Gasteiger partial charge in [0.25, 0.3) is 5.91 Å². The molecule has 11 heteroatoms. The molecule has 40 heavy (non-hydrogen) atoms. The third-order valence-corrected chi connectivity index (χ3v) is 7.96. The molecule has 4 aromatic rings. The quantitative estimate of drug-likeness (QED) is 0.198.